The molecular weight excluding hydrogens is 230 g/mol. The molecule has 0 heterocycles. The van der Waals surface area contributed by atoms with Gasteiger partial charge in [-0.15, -0.1) is 0 Å². The van der Waals surface area contributed by atoms with Crippen molar-refractivity contribution in [3.05, 3.63) is 11.6 Å². The van der Waals surface area contributed by atoms with Gasteiger partial charge in [0, 0.05) is 19.2 Å². The first-order valence-corrected chi connectivity index (χ1v) is 6.33. The highest BCUT2D eigenvalue weighted by Crippen LogP contribution is 2.23. The Morgan fingerprint density at radius 3 is 2.56 bits per heavy atom. The average molecular weight is 249 g/mol. The van der Waals surface area contributed by atoms with E-state index in [2.05, 4.69) is 10.6 Å². The predicted octanol–water partition coefficient (Wildman–Crippen LogP) is 1.02. The summed E-state index contributed by atoms with van der Waals surface area (Å²) in [5, 5.41) is 13.7. The van der Waals surface area contributed by atoms with Crippen molar-refractivity contribution in [3.8, 4) is 6.07 Å². The third-order valence-corrected chi connectivity index (χ3v) is 2.80. The fourth-order valence-corrected chi connectivity index (χ4v) is 1.87. The summed E-state index contributed by atoms with van der Waals surface area (Å²) in [7, 11) is 0. The Bertz CT molecular complexity index is 361. The van der Waals surface area contributed by atoms with Crippen molar-refractivity contribution in [1.29, 1.82) is 5.26 Å². The Kier molecular flexibility index (Phi) is 6.55. The van der Waals surface area contributed by atoms with E-state index in [0.717, 1.165) is 12.8 Å². The standard InChI is InChI=1S/C13H19N3O2/c14-7-6-12(17)15-8-3-9-16-13(18)10-11-4-1-2-5-11/h10H,1-6,8-9H2,(H,15,17)(H,16,18). The van der Waals surface area contributed by atoms with Crippen LogP contribution in [0.4, 0.5) is 0 Å². The largest absolute Gasteiger partial charge is 0.355 e. The third-order valence-electron chi connectivity index (χ3n) is 2.80. The van der Waals surface area contributed by atoms with Crippen LogP contribution in [-0.2, 0) is 9.59 Å². The molecule has 0 aromatic carbocycles. The lowest BCUT2D eigenvalue weighted by atomic mass is 10.2. The number of rotatable bonds is 6. The van der Waals surface area contributed by atoms with Crippen molar-refractivity contribution >= 4 is 11.8 Å². The van der Waals surface area contributed by atoms with Crippen molar-refractivity contribution in [2.45, 2.75) is 38.5 Å². The summed E-state index contributed by atoms with van der Waals surface area (Å²) in [6.07, 6.45) is 6.70. The van der Waals surface area contributed by atoms with Gasteiger partial charge >= 0.3 is 0 Å². The summed E-state index contributed by atoms with van der Waals surface area (Å²) in [6, 6.07) is 1.78. The smallest absolute Gasteiger partial charge is 0.243 e. The van der Waals surface area contributed by atoms with E-state index in [0.29, 0.717) is 19.5 Å². The molecule has 1 aliphatic carbocycles. The molecule has 0 bridgehead atoms. The molecule has 2 N–H and O–H groups in total. The fraction of sp³-hybridized carbons (Fsp3) is 0.615. The molecule has 0 aromatic heterocycles. The van der Waals surface area contributed by atoms with Crippen molar-refractivity contribution in [1.82, 2.24) is 10.6 Å². The highest BCUT2D eigenvalue weighted by molar-refractivity contribution is 5.88. The lowest BCUT2D eigenvalue weighted by Crippen LogP contribution is -2.28. The van der Waals surface area contributed by atoms with Crippen molar-refractivity contribution in [2.24, 2.45) is 0 Å². The van der Waals surface area contributed by atoms with Gasteiger partial charge in [-0.2, -0.15) is 5.26 Å². The average Bonchev–Trinajstić information content (AvgIpc) is 2.81. The van der Waals surface area contributed by atoms with Crippen molar-refractivity contribution in [2.75, 3.05) is 13.1 Å². The van der Waals surface area contributed by atoms with Crippen LogP contribution in [0, 0.1) is 11.3 Å². The van der Waals surface area contributed by atoms with Gasteiger partial charge in [0.15, 0.2) is 0 Å². The first kappa shape index (κ1) is 14.2. The first-order valence-electron chi connectivity index (χ1n) is 6.33. The van der Waals surface area contributed by atoms with Gasteiger partial charge in [-0.05, 0) is 32.1 Å². The highest BCUT2D eigenvalue weighted by Gasteiger charge is 2.08. The first-order chi connectivity index (χ1) is 8.72. The van der Waals surface area contributed by atoms with Gasteiger partial charge in [0.05, 0.1) is 6.07 Å². The Hall–Kier alpha value is -1.83. The van der Waals surface area contributed by atoms with Crippen LogP contribution in [0.5, 0.6) is 0 Å². The second kappa shape index (κ2) is 8.29. The highest BCUT2D eigenvalue weighted by atomic mass is 16.2. The Morgan fingerprint density at radius 1 is 1.22 bits per heavy atom. The number of nitrogens with one attached hydrogen (secondary N) is 2. The summed E-state index contributed by atoms with van der Waals surface area (Å²) in [4.78, 5) is 22.4. The minimum absolute atomic E-state index is 0.0461. The van der Waals surface area contributed by atoms with Crippen LogP contribution in [0.3, 0.4) is 0 Å². The van der Waals surface area contributed by atoms with Gasteiger partial charge in [-0.25, -0.2) is 0 Å². The SMILES string of the molecule is N#CCC(=O)NCCCNC(=O)C=C1CCCC1. The van der Waals surface area contributed by atoms with E-state index in [4.69, 9.17) is 5.26 Å². The second-order valence-corrected chi connectivity index (χ2v) is 4.34. The molecule has 18 heavy (non-hydrogen) atoms. The van der Waals surface area contributed by atoms with Crippen LogP contribution < -0.4 is 10.6 Å². The maximum absolute atomic E-state index is 11.5. The van der Waals surface area contributed by atoms with Crippen molar-refractivity contribution < 1.29 is 9.59 Å². The molecule has 0 saturated heterocycles. The topological polar surface area (TPSA) is 82.0 Å². The molecule has 0 aliphatic heterocycles. The molecule has 0 unspecified atom stereocenters. The van der Waals surface area contributed by atoms with Crippen LogP contribution in [0.2, 0.25) is 0 Å². The molecule has 0 radical (unpaired) electrons. The van der Waals surface area contributed by atoms with E-state index in [1.807, 2.05) is 0 Å². The zero-order valence-electron chi connectivity index (χ0n) is 10.5. The van der Waals surface area contributed by atoms with Crippen LogP contribution in [0.25, 0.3) is 0 Å². The molecule has 0 aromatic rings. The minimum Gasteiger partial charge on any atom is -0.355 e. The monoisotopic (exact) mass is 249 g/mol. The normalized spacial score (nSPS) is 13.8. The molecule has 1 fully saturated rings. The summed E-state index contributed by atoms with van der Waals surface area (Å²) < 4.78 is 0. The van der Waals surface area contributed by atoms with Gasteiger partial charge in [0.2, 0.25) is 11.8 Å². The summed E-state index contributed by atoms with van der Waals surface area (Å²) >= 11 is 0. The fourth-order valence-electron chi connectivity index (χ4n) is 1.87. The number of hydrogen-bond acceptors (Lipinski definition) is 3. The second-order valence-electron chi connectivity index (χ2n) is 4.34. The molecule has 0 spiro atoms. The molecule has 5 nitrogen and oxygen atoms in total. The van der Waals surface area contributed by atoms with Gasteiger partial charge in [0.1, 0.15) is 6.42 Å². The molecule has 5 heteroatoms. The minimum atomic E-state index is -0.267. The van der Waals surface area contributed by atoms with Crippen LogP contribution in [-0.4, -0.2) is 24.9 Å². The van der Waals surface area contributed by atoms with E-state index < -0.39 is 0 Å². The number of hydrogen-bond donors (Lipinski definition) is 2. The molecule has 1 saturated carbocycles. The molecule has 0 atom stereocenters. The van der Waals surface area contributed by atoms with Gasteiger partial charge < -0.3 is 10.6 Å². The molecule has 1 rings (SSSR count). The summed E-state index contributed by atoms with van der Waals surface area (Å²) in [5.41, 5.74) is 1.23. The maximum atomic E-state index is 11.5. The zero-order valence-corrected chi connectivity index (χ0v) is 10.5. The van der Waals surface area contributed by atoms with Gasteiger partial charge in [-0.1, -0.05) is 5.57 Å². The summed E-state index contributed by atoms with van der Waals surface area (Å²) in [5.74, 6) is -0.313. The van der Waals surface area contributed by atoms with Crippen LogP contribution >= 0.6 is 0 Å². The van der Waals surface area contributed by atoms with Crippen LogP contribution in [0.1, 0.15) is 38.5 Å². The number of carbonyl (C=O) groups excluding carboxylic acids is 2. The lowest BCUT2D eigenvalue weighted by Gasteiger charge is -2.04. The number of nitrogens with zero attached hydrogens (tertiary/aromatic N) is 1. The molecule has 98 valence electrons. The van der Waals surface area contributed by atoms with Crippen LogP contribution in [0.15, 0.2) is 11.6 Å². The Labute approximate surface area is 107 Å². The third kappa shape index (κ3) is 6.04. The quantitative estimate of drug-likeness (QED) is 0.544. The number of amides is 2. The van der Waals surface area contributed by atoms with E-state index in [-0.39, 0.29) is 18.2 Å². The summed E-state index contributed by atoms with van der Waals surface area (Å²) in [6.45, 7) is 1.02. The van der Waals surface area contributed by atoms with Crippen molar-refractivity contribution in [3.63, 3.8) is 0 Å². The number of allylic oxidation sites excluding steroid dienone is 1. The van der Waals surface area contributed by atoms with E-state index in [1.165, 1.54) is 18.4 Å². The zero-order chi connectivity index (χ0) is 13.2. The number of carbonyl (C=O) groups is 2. The molecule has 2 amide bonds. The Balaban J connectivity index is 2.04. The molecule has 1 aliphatic rings. The van der Waals surface area contributed by atoms with E-state index in [9.17, 15) is 9.59 Å². The van der Waals surface area contributed by atoms with Gasteiger partial charge in [-0.3, -0.25) is 9.59 Å². The predicted molar refractivity (Wildman–Crippen MR) is 67.4 cm³/mol. The molecular formula is C13H19N3O2. The van der Waals surface area contributed by atoms with E-state index >= 15 is 0 Å². The van der Waals surface area contributed by atoms with E-state index in [1.54, 1.807) is 12.1 Å². The lowest BCUT2D eigenvalue weighted by molar-refractivity contribution is -0.120. The number of nitriles is 1. The Morgan fingerprint density at radius 2 is 1.89 bits per heavy atom. The van der Waals surface area contributed by atoms with Gasteiger partial charge in [0.25, 0.3) is 0 Å². The maximum Gasteiger partial charge on any atom is 0.243 e.